The normalized spacial score (nSPS) is 11.0. The molecule has 0 aliphatic heterocycles. The van der Waals surface area contributed by atoms with Crippen LogP contribution in [0.2, 0.25) is 0 Å². The molecular formula is C13H18FN3O3. The van der Waals surface area contributed by atoms with E-state index in [0.29, 0.717) is 0 Å². The number of hydrogen-bond donors (Lipinski definition) is 2. The van der Waals surface area contributed by atoms with Gasteiger partial charge in [-0.15, -0.1) is 0 Å². The molecule has 0 saturated carbocycles. The summed E-state index contributed by atoms with van der Waals surface area (Å²) in [5.41, 5.74) is -0.472. The maximum Gasteiger partial charge on any atom is 0.295 e. The maximum atomic E-state index is 12.9. The van der Waals surface area contributed by atoms with Gasteiger partial charge in [0.1, 0.15) is 11.5 Å². The molecule has 20 heavy (non-hydrogen) atoms. The average Bonchev–Trinajstić information content (AvgIpc) is 2.28. The van der Waals surface area contributed by atoms with Gasteiger partial charge >= 0.3 is 0 Å². The summed E-state index contributed by atoms with van der Waals surface area (Å²) in [6.07, 6.45) is 0.172. The van der Waals surface area contributed by atoms with Crippen molar-refractivity contribution in [1.82, 2.24) is 5.32 Å². The molecule has 1 rings (SSSR count). The van der Waals surface area contributed by atoms with Crippen LogP contribution in [0.4, 0.5) is 15.8 Å². The first kappa shape index (κ1) is 15.9. The fourth-order valence-corrected chi connectivity index (χ4v) is 1.60. The van der Waals surface area contributed by atoms with E-state index < -0.39 is 10.7 Å². The van der Waals surface area contributed by atoms with Crippen LogP contribution in [0.25, 0.3) is 0 Å². The Kier molecular flexibility index (Phi) is 5.01. The zero-order valence-electron chi connectivity index (χ0n) is 11.7. The number of amides is 1. The van der Waals surface area contributed by atoms with E-state index in [1.807, 2.05) is 20.8 Å². The molecule has 0 aliphatic carbocycles. The lowest BCUT2D eigenvalue weighted by Gasteiger charge is -2.20. The van der Waals surface area contributed by atoms with Gasteiger partial charge in [0, 0.05) is 18.5 Å². The van der Waals surface area contributed by atoms with Crippen molar-refractivity contribution < 1.29 is 14.1 Å². The van der Waals surface area contributed by atoms with E-state index in [0.717, 1.165) is 12.1 Å². The largest absolute Gasteiger partial charge is 0.379 e. The SMILES string of the molecule is CC(C)(C)NC(=O)CCNc1ccc(F)cc1[N+](=O)[O-]. The highest BCUT2D eigenvalue weighted by molar-refractivity contribution is 5.77. The second-order valence-electron chi connectivity index (χ2n) is 5.39. The number of anilines is 1. The average molecular weight is 283 g/mol. The van der Waals surface area contributed by atoms with Crippen LogP contribution in [0, 0.1) is 15.9 Å². The Morgan fingerprint density at radius 1 is 1.40 bits per heavy atom. The molecule has 0 unspecified atom stereocenters. The molecule has 0 fully saturated rings. The summed E-state index contributed by atoms with van der Waals surface area (Å²) < 4.78 is 12.9. The molecule has 0 aromatic heterocycles. The van der Waals surface area contributed by atoms with Crippen molar-refractivity contribution in [2.45, 2.75) is 32.7 Å². The summed E-state index contributed by atoms with van der Waals surface area (Å²) >= 11 is 0. The van der Waals surface area contributed by atoms with Gasteiger partial charge in [0.2, 0.25) is 5.91 Å². The van der Waals surface area contributed by atoms with Crippen molar-refractivity contribution in [3.8, 4) is 0 Å². The monoisotopic (exact) mass is 283 g/mol. The minimum absolute atomic E-state index is 0.158. The lowest BCUT2D eigenvalue weighted by molar-refractivity contribution is -0.384. The predicted molar refractivity (Wildman–Crippen MR) is 74.1 cm³/mol. The molecule has 0 atom stereocenters. The number of nitro groups is 1. The van der Waals surface area contributed by atoms with Crippen molar-refractivity contribution in [2.75, 3.05) is 11.9 Å². The van der Waals surface area contributed by atoms with E-state index in [9.17, 15) is 19.3 Å². The summed E-state index contributed by atoms with van der Waals surface area (Å²) in [7, 11) is 0. The van der Waals surface area contributed by atoms with E-state index >= 15 is 0 Å². The van der Waals surface area contributed by atoms with Gasteiger partial charge in [-0.1, -0.05) is 0 Å². The van der Waals surface area contributed by atoms with Crippen LogP contribution in [0.15, 0.2) is 18.2 Å². The van der Waals surface area contributed by atoms with Crippen molar-refractivity contribution in [3.05, 3.63) is 34.1 Å². The molecule has 1 aromatic carbocycles. The van der Waals surface area contributed by atoms with Crippen LogP contribution < -0.4 is 10.6 Å². The number of nitrogens with zero attached hydrogens (tertiary/aromatic N) is 1. The van der Waals surface area contributed by atoms with Gasteiger partial charge in [0.25, 0.3) is 5.69 Å². The second kappa shape index (κ2) is 6.31. The van der Waals surface area contributed by atoms with Crippen molar-refractivity contribution in [3.63, 3.8) is 0 Å². The Morgan fingerprint density at radius 2 is 2.05 bits per heavy atom. The highest BCUT2D eigenvalue weighted by atomic mass is 19.1. The van der Waals surface area contributed by atoms with Crippen LogP contribution in [-0.2, 0) is 4.79 Å². The van der Waals surface area contributed by atoms with Crippen LogP contribution in [0.1, 0.15) is 27.2 Å². The molecule has 2 N–H and O–H groups in total. The number of hydrogen-bond acceptors (Lipinski definition) is 4. The minimum atomic E-state index is -0.673. The Hall–Kier alpha value is -2.18. The number of rotatable bonds is 5. The number of nitrogens with one attached hydrogen (secondary N) is 2. The van der Waals surface area contributed by atoms with Crippen molar-refractivity contribution in [2.24, 2.45) is 0 Å². The van der Waals surface area contributed by atoms with Gasteiger partial charge in [-0.05, 0) is 32.9 Å². The van der Waals surface area contributed by atoms with Gasteiger partial charge in [-0.25, -0.2) is 4.39 Å². The smallest absolute Gasteiger partial charge is 0.295 e. The number of benzene rings is 1. The Bertz CT molecular complexity index is 512. The third-order valence-corrected chi connectivity index (χ3v) is 2.34. The minimum Gasteiger partial charge on any atom is -0.379 e. The fourth-order valence-electron chi connectivity index (χ4n) is 1.60. The number of carbonyl (C=O) groups excluding carboxylic acids is 1. The predicted octanol–water partition coefficient (Wildman–Crippen LogP) is 2.45. The third kappa shape index (κ3) is 5.21. The van der Waals surface area contributed by atoms with Gasteiger partial charge in [0.15, 0.2) is 0 Å². The summed E-state index contributed by atoms with van der Waals surface area (Å²) in [5.74, 6) is -0.831. The van der Waals surface area contributed by atoms with E-state index in [-0.39, 0.29) is 35.8 Å². The first-order chi connectivity index (χ1) is 9.19. The lowest BCUT2D eigenvalue weighted by atomic mass is 10.1. The van der Waals surface area contributed by atoms with Gasteiger partial charge in [-0.2, -0.15) is 0 Å². The molecular weight excluding hydrogens is 265 g/mol. The number of nitro benzene ring substituents is 1. The summed E-state index contributed by atoms with van der Waals surface area (Å²) in [6.45, 7) is 5.82. The zero-order chi connectivity index (χ0) is 15.3. The van der Waals surface area contributed by atoms with Crippen molar-refractivity contribution in [1.29, 1.82) is 0 Å². The lowest BCUT2D eigenvalue weighted by Crippen LogP contribution is -2.41. The summed E-state index contributed by atoms with van der Waals surface area (Å²) in [5, 5.41) is 16.3. The number of carbonyl (C=O) groups is 1. The molecule has 0 radical (unpaired) electrons. The van der Waals surface area contributed by atoms with E-state index in [1.165, 1.54) is 6.07 Å². The van der Waals surface area contributed by atoms with Crippen LogP contribution in [0.5, 0.6) is 0 Å². The van der Waals surface area contributed by atoms with Gasteiger partial charge in [-0.3, -0.25) is 14.9 Å². The Labute approximate surface area is 116 Å². The molecule has 1 aromatic rings. The van der Waals surface area contributed by atoms with Gasteiger partial charge < -0.3 is 10.6 Å². The molecule has 0 aliphatic rings. The Balaban J connectivity index is 2.58. The zero-order valence-corrected chi connectivity index (χ0v) is 11.7. The molecule has 0 bridgehead atoms. The summed E-state index contributed by atoms with van der Waals surface area (Å²) in [4.78, 5) is 21.7. The molecule has 0 saturated heterocycles. The third-order valence-electron chi connectivity index (χ3n) is 2.34. The standard InChI is InChI=1S/C13H18FN3O3/c1-13(2,3)16-12(18)6-7-15-10-5-4-9(14)8-11(10)17(19)20/h4-5,8,15H,6-7H2,1-3H3,(H,16,18). The highest BCUT2D eigenvalue weighted by Gasteiger charge is 2.16. The highest BCUT2D eigenvalue weighted by Crippen LogP contribution is 2.24. The first-order valence-electron chi connectivity index (χ1n) is 6.18. The molecule has 0 spiro atoms. The molecule has 1 amide bonds. The second-order valence-corrected chi connectivity index (χ2v) is 5.39. The van der Waals surface area contributed by atoms with E-state index in [4.69, 9.17) is 0 Å². The Morgan fingerprint density at radius 3 is 2.60 bits per heavy atom. The van der Waals surface area contributed by atoms with Crippen LogP contribution >= 0.6 is 0 Å². The molecule has 110 valence electrons. The first-order valence-corrected chi connectivity index (χ1v) is 6.18. The fraction of sp³-hybridized carbons (Fsp3) is 0.462. The number of halogens is 1. The van der Waals surface area contributed by atoms with Gasteiger partial charge in [0.05, 0.1) is 11.0 Å². The maximum absolute atomic E-state index is 12.9. The summed E-state index contributed by atoms with van der Waals surface area (Å²) in [6, 6.07) is 3.26. The quantitative estimate of drug-likeness (QED) is 0.642. The van der Waals surface area contributed by atoms with E-state index in [1.54, 1.807) is 0 Å². The van der Waals surface area contributed by atoms with E-state index in [2.05, 4.69) is 10.6 Å². The topological polar surface area (TPSA) is 84.3 Å². The molecule has 7 heteroatoms. The molecule has 6 nitrogen and oxygen atoms in total. The van der Waals surface area contributed by atoms with Crippen LogP contribution in [-0.4, -0.2) is 22.9 Å². The molecule has 0 heterocycles. The van der Waals surface area contributed by atoms with Crippen LogP contribution in [0.3, 0.4) is 0 Å². The van der Waals surface area contributed by atoms with Crippen molar-refractivity contribution >= 4 is 17.3 Å².